The molecular weight excluding hydrogens is 292 g/mol. The molecule has 0 atom stereocenters. The fourth-order valence-corrected chi connectivity index (χ4v) is 2.20. The van der Waals surface area contributed by atoms with Crippen LogP contribution in [0.1, 0.15) is 19.5 Å². The lowest BCUT2D eigenvalue weighted by atomic mass is 10.2. The maximum absolute atomic E-state index is 12.1. The monoisotopic (exact) mass is 308 g/mol. The first-order valence-electron chi connectivity index (χ1n) is 6.57. The summed E-state index contributed by atoms with van der Waals surface area (Å²) in [5.74, 6) is -0.409. The zero-order chi connectivity index (χ0) is 15.6. The second-order valence-corrected chi connectivity index (χ2v) is 5.56. The lowest BCUT2D eigenvalue weighted by Gasteiger charge is -2.24. The highest BCUT2D eigenvalue weighted by molar-refractivity contribution is 6.30. The third kappa shape index (κ3) is 3.80. The Morgan fingerprint density at radius 1 is 1.48 bits per heavy atom. The molecule has 6 nitrogen and oxygen atoms in total. The Hall–Kier alpha value is -1.92. The summed E-state index contributed by atoms with van der Waals surface area (Å²) in [5.41, 5.74) is 6.15. The van der Waals surface area contributed by atoms with Gasteiger partial charge < -0.3 is 5.73 Å². The smallest absolute Gasteiger partial charge is 0.258 e. The topological polar surface area (TPSA) is 80.7 Å². The third-order valence-corrected chi connectivity index (χ3v) is 3.35. The number of hydrogen-bond acceptors (Lipinski definition) is 4. The van der Waals surface area contributed by atoms with E-state index in [9.17, 15) is 9.59 Å². The van der Waals surface area contributed by atoms with Gasteiger partial charge in [-0.15, -0.1) is 0 Å². The largest absolute Gasteiger partial charge is 0.369 e. The van der Waals surface area contributed by atoms with Crippen molar-refractivity contribution in [2.75, 3.05) is 6.54 Å². The van der Waals surface area contributed by atoms with Gasteiger partial charge in [-0.25, -0.2) is 4.98 Å². The molecule has 2 rings (SSSR count). The number of nitrogens with two attached hydrogens (primary N) is 1. The van der Waals surface area contributed by atoms with Crippen molar-refractivity contribution in [3.05, 3.63) is 45.5 Å². The van der Waals surface area contributed by atoms with Crippen LogP contribution in [0.3, 0.4) is 0 Å². The van der Waals surface area contributed by atoms with E-state index in [-0.39, 0.29) is 18.1 Å². The van der Waals surface area contributed by atoms with Crippen LogP contribution in [0.2, 0.25) is 5.02 Å². The quantitative estimate of drug-likeness (QED) is 0.895. The maximum Gasteiger partial charge on any atom is 0.258 e. The summed E-state index contributed by atoms with van der Waals surface area (Å²) in [6, 6.07) is 4.92. The molecule has 0 radical (unpaired) electrons. The molecule has 0 bridgehead atoms. The Kier molecular flexibility index (Phi) is 4.59. The number of carbonyl (C=O) groups is 1. The summed E-state index contributed by atoms with van der Waals surface area (Å²) >= 11 is 5.87. The Morgan fingerprint density at radius 2 is 2.19 bits per heavy atom. The molecule has 0 saturated carbocycles. The van der Waals surface area contributed by atoms with E-state index < -0.39 is 5.91 Å². The highest BCUT2D eigenvalue weighted by Gasteiger charge is 2.14. The Bertz CT molecular complexity index is 726. The molecule has 7 heteroatoms. The van der Waals surface area contributed by atoms with E-state index in [2.05, 4.69) is 4.98 Å². The lowest BCUT2D eigenvalue weighted by Crippen LogP contribution is -2.38. The van der Waals surface area contributed by atoms with Gasteiger partial charge in [0, 0.05) is 24.8 Å². The van der Waals surface area contributed by atoms with E-state index in [1.165, 1.54) is 16.7 Å². The molecule has 0 fully saturated rings. The van der Waals surface area contributed by atoms with Crippen LogP contribution in [0.25, 0.3) is 5.65 Å². The number of halogens is 1. The van der Waals surface area contributed by atoms with Crippen molar-refractivity contribution in [3.8, 4) is 0 Å². The van der Waals surface area contributed by atoms with Gasteiger partial charge in [-0.2, -0.15) is 0 Å². The van der Waals surface area contributed by atoms with Crippen LogP contribution in [0.15, 0.2) is 29.2 Å². The Balaban J connectivity index is 2.36. The van der Waals surface area contributed by atoms with Crippen LogP contribution in [0, 0.1) is 0 Å². The molecule has 0 saturated heterocycles. The van der Waals surface area contributed by atoms with Crippen molar-refractivity contribution in [1.29, 1.82) is 0 Å². The molecule has 112 valence electrons. The van der Waals surface area contributed by atoms with E-state index >= 15 is 0 Å². The van der Waals surface area contributed by atoms with Crippen LogP contribution < -0.4 is 11.3 Å². The molecule has 2 N–H and O–H groups in total. The first-order chi connectivity index (χ1) is 9.86. The molecule has 0 aromatic carbocycles. The number of hydrogen-bond donors (Lipinski definition) is 1. The molecule has 0 aliphatic heterocycles. The molecule has 0 unspecified atom stereocenters. The van der Waals surface area contributed by atoms with Crippen molar-refractivity contribution < 1.29 is 4.79 Å². The van der Waals surface area contributed by atoms with Crippen molar-refractivity contribution in [1.82, 2.24) is 14.3 Å². The van der Waals surface area contributed by atoms with Crippen LogP contribution >= 0.6 is 11.6 Å². The highest BCUT2D eigenvalue weighted by Crippen LogP contribution is 2.10. The number of fused-ring (bicyclic) bond motifs is 1. The minimum atomic E-state index is -0.409. The van der Waals surface area contributed by atoms with Crippen LogP contribution in [0.5, 0.6) is 0 Å². The fourth-order valence-electron chi connectivity index (χ4n) is 2.04. The minimum absolute atomic E-state index is 0.114. The van der Waals surface area contributed by atoms with Gasteiger partial charge in [0.15, 0.2) is 0 Å². The summed E-state index contributed by atoms with van der Waals surface area (Å²) in [6.07, 6.45) is 1.53. The Morgan fingerprint density at radius 3 is 2.81 bits per heavy atom. The number of aromatic nitrogens is 2. The fraction of sp³-hybridized carbons (Fsp3) is 0.357. The summed E-state index contributed by atoms with van der Waals surface area (Å²) in [7, 11) is 0. The summed E-state index contributed by atoms with van der Waals surface area (Å²) in [4.78, 5) is 29.5. The summed E-state index contributed by atoms with van der Waals surface area (Å²) in [6.45, 7) is 4.42. The molecule has 0 aliphatic rings. The van der Waals surface area contributed by atoms with Crippen molar-refractivity contribution >= 4 is 23.2 Å². The van der Waals surface area contributed by atoms with Crippen molar-refractivity contribution in [3.63, 3.8) is 0 Å². The third-order valence-electron chi connectivity index (χ3n) is 3.13. The number of rotatable bonds is 5. The number of amides is 1. The predicted octanol–water partition coefficient (Wildman–Crippen LogP) is 1.04. The molecule has 2 heterocycles. The maximum atomic E-state index is 12.1. The van der Waals surface area contributed by atoms with Gasteiger partial charge in [0.2, 0.25) is 5.91 Å². The number of pyridine rings is 1. The second kappa shape index (κ2) is 6.24. The van der Waals surface area contributed by atoms with Gasteiger partial charge in [-0.1, -0.05) is 11.6 Å². The normalized spacial score (nSPS) is 11.5. The van der Waals surface area contributed by atoms with Gasteiger partial charge in [0.1, 0.15) is 5.65 Å². The number of carbonyl (C=O) groups excluding carboxylic acids is 1. The lowest BCUT2D eigenvalue weighted by molar-refractivity contribution is -0.119. The van der Waals surface area contributed by atoms with Gasteiger partial charge in [0.25, 0.3) is 5.56 Å². The average Bonchev–Trinajstić information content (AvgIpc) is 2.38. The molecule has 1 amide bonds. The van der Waals surface area contributed by atoms with Gasteiger partial charge in [-0.3, -0.25) is 18.9 Å². The predicted molar refractivity (Wildman–Crippen MR) is 81.2 cm³/mol. The van der Waals surface area contributed by atoms with Crippen molar-refractivity contribution in [2.45, 2.75) is 26.4 Å². The minimum Gasteiger partial charge on any atom is -0.369 e. The summed E-state index contributed by atoms with van der Waals surface area (Å²) < 4.78 is 1.39. The number of nitrogens with zero attached hydrogens (tertiary/aromatic N) is 3. The first kappa shape index (κ1) is 15.5. The average molecular weight is 309 g/mol. The molecule has 0 aliphatic carbocycles. The molecule has 21 heavy (non-hydrogen) atoms. The Labute approximate surface area is 127 Å². The summed E-state index contributed by atoms with van der Waals surface area (Å²) in [5, 5.41) is 0.469. The van der Waals surface area contributed by atoms with E-state index in [1.54, 1.807) is 12.1 Å². The molecule has 2 aromatic heterocycles. The molecule has 2 aromatic rings. The molecule has 0 spiro atoms. The van der Waals surface area contributed by atoms with Gasteiger partial charge in [0.05, 0.1) is 17.3 Å². The standard InChI is InChI=1S/C14H17ClN4O2/c1-9(2)18(8-12(16)20)7-11-5-14(21)19-6-10(15)3-4-13(19)17-11/h3-6,9H,7-8H2,1-2H3,(H2,16,20). The molecular formula is C14H17ClN4O2. The van der Waals surface area contributed by atoms with Crippen LogP contribution in [-0.2, 0) is 11.3 Å². The van der Waals surface area contributed by atoms with Gasteiger partial charge in [-0.05, 0) is 26.0 Å². The van der Waals surface area contributed by atoms with Crippen LogP contribution in [-0.4, -0.2) is 32.8 Å². The second-order valence-electron chi connectivity index (χ2n) is 5.13. The van der Waals surface area contributed by atoms with E-state index in [4.69, 9.17) is 17.3 Å². The SMILES string of the molecule is CC(C)N(CC(N)=O)Cc1cc(=O)n2cc(Cl)ccc2n1. The van der Waals surface area contributed by atoms with E-state index in [0.29, 0.717) is 22.9 Å². The van der Waals surface area contributed by atoms with Crippen LogP contribution in [0.4, 0.5) is 0 Å². The zero-order valence-electron chi connectivity index (χ0n) is 11.9. The number of primary amides is 1. The first-order valence-corrected chi connectivity index (χ1v) is 6.95. The van der Waals surface area contributed by atoms with E-state index in [1.807, 2.05) is 18.7 Å². The van der Waals surface area contributed by atoms with Gasteiger partial charge >= 0.3 is 0 Å². The highest BCUT2D eigenvalue weighted by atomic mass is 35.5. The van der Waals surface area contributed by atoms with Crippen molar-refractivity contribution in [2.24, 2.45) is 5.73 Å². The zero-order valence-corrected chi connectivity index (χ0v) is 12.7. The van der Waals surface area contributed by atoms with E-state index in [0.717, 1.165) is 0 Å².